The molecular formula is C27H33F4N3O3. The van der Waals surface area contributed by atoms with Crippen molar-refractivity contribution in [2.24, 2.45) is 5.92 Å². The number of ether oxygens (including phenoxy) is 1. The molecule has 3 rings (SSSR count). The Hall–Kier alpha value is -3.14. The minimum Gasteiger partial charge on any atom is -0.488 e. The number of benzene rings is 1. The Morgan fingerprint density at radius 3 is 2.54 bits per heavy atom. The fraction of sp³-hybridized carbons (Fsp3) is 0.481. The number of carbonyl (C=O) groups is 2. The average molecular weight is 524 g/mol. The lowest BCUT2D eigenvalue weighted by atomic mass is 9.88. The normalized spacial score (nSPS) is 21.8. The number of nitrogens with one attached hydrogen (secondary N) is 1. The smallest absolute Gasteiger partial charge is 0.416 e. The Morgan fingerprint density at radius 2 is 1.97 bits per heavy atom. The Labute approximate surface area is 214 Å². The zero-order chi connectivity index (χ0) is 27.5. The molecule has 0 radical (unpaired) electrons. The first-order valence-corrected chi connectivity index (χ1v) is 12.2. The molecule has 1 unspecified atom stereocenters. The maximum absolute atomic E-state index is 14.5. The zero-order valence-electron chi connectivity index (χ0n) is 21.5. The summed E-state index contributed by atoms with van der Waals surface area (Å²) < 4.78 is 62.2. The van der Waals surface area contributed by atoms with Gasteiger partial charge in [0, 0.05) is 50.8 Å². The fourth-order valence-corrected chi connectivity index (χ4v) is 4.72. The lowest BCUT2D eigenvalue weighted by Gasteiger charge is -2.41. The van der Waals surface area contributed by atoms with E-state index in [-0.39, 0.29) is 36.2 Å². The van der Waals surface area contributed by atoms with Crippen LogP contribution in [0.3, 0.4) is 0 Å². The summed E-state index contributed by atoms with van der Waals surface area (Å²) in [5.41, 5.74) is -0.456. The topological polar surface area (TPSA) is 61.9 Å². The van der Waals surface area contributed by atoms with Crippen molar-refractivity contribution in [3.8, 4) is 0 Å². The number of carbonyl (C=O) groups excluding carboxylic acids is 2. The van der Waals surface area contributed by atoms with Crippen LogP contribution in [0.25, 0.3) is 0 Å². The zero-order valence-corrected chi connectivity index (χ0v) is 21.5. The van der Waals surface area contributed by atoms with Gasteiger partial charge in [0.05, 0.1) is 5.57 Å². The van der Waals surface area contributed by atoms with Gasteiger partial charge in [0.15, 0.2) is 0 Å². The van der Waals surface area contributed by atoms with Gasteiger partial charge >= 0.3 is 6.18 Å². The Kier molecular flexibility index (Phi) is 8.84. The van der Waals surface area contributed by atoms with Gasteiger partial charge < -0.3 is 15.0 Å². The van der Waals surface area contributed by atoms with E-state index in [1.165, 1.54) is 19.2 Å². The molecule has 1 aromatic rings. The van der Waals surface area contributed by atoms with Gasteiger partial charge in [-0.1, -0.05) is 25.6 Å². The molecule has 1 aliphatic heterocycles. The minimum atomic E-state index is -4.74. The number of rotatable bonds is 7. The van der Waals surface area contributed by atoms with Crippen molar-refractivity contribution in [2.45, 2.75) is 45.5 Å². The lowest BCUT2D eigenvalue weighted by Crippen LogP contribution is -2.54. The first-order valence-electron chi connectivity index (χ1n) is 12.2. The molecule has 37 heavy (non-hydrogen) atoms. The molecule has 0 spiro atoms. The molecular weight excluding hydrogens is 490 g/mol. The van der Waals surface area contributed by atoms with Crippen LogP contribution in [-0.2, 0) is 14.3 Å². The molecule has 3 atom stereocenters. The van der Waals surface area contributed by atoms with Crippen LogP contribution in [0.5, 0.6) is 0 Å². The van der Waals surface area contributed by atoms with Crippen molar-refractivity contribution in [3.05, 3.63) is 70.8 Å². The summed E-state index contributed by atoms with van der Waals surface area (Å²) in [5, 5.41) is 2.27. The van der Waals surface area contributed by atoms with Gasteiger partial charge in [-0.25, -0.2) is 4.39 Å². The number of piperazine rings is 1. The number of nitrogens with zero attached hydrogens (tertiary/aromatic N) is 2. The molecule has 1 aromatic carbocycles. The maximum atomic E-state index is 14.5. The minimum absolute atomic E-state index is 0.0829. The number of likely N-dealkylation sites (N-methyl/N-ethyl adjacent to an activating group) is 1. The molecule has 6 nitrogen and oxygen atoms in total. The third kappa shape index (κ3) is 6.60. The summed E-state index contributed by atoms with van der Waals surface area (Å²) in [7, 11) is 1.29. The summed E-state index contributed by atoms with van der Waals surface area (Å²) in [6, 6.07) is 4.53. The van der Waals surface area contributed by atoms with Crippen LogP contribution >= 0.6 is 0 Å². The number of alkyl halides is 3. The third-order valence-electron chi connectivity index (χ3n) is 6.85. The molecule has 202 valence electrons. The van der Waals surface area contributed by atoms with Crippen molar-refractivity contribution in [1.29, 1.82) is 0 Å². The molecule has 1 heterocycles. The van der Waals surface area contributed by atoms with Gasteiger partial charge in [-0.05, 0) is 49.6 Å². The Bertz CT molecular complexity index is 1110. The SMILES string of the molecule is C=CC(=O)N1CCN(C[C@@H](OC2=CC(C(F)(F)F)=C(C(=O)NC)CC2C)c2ccc(C)c(F)c2)C[C@H]1C. The van der Waals surface area contributed by atoms with Gasteiger partial charge in [0.25, 0.3) is 0 Å². The quantitative estimate of drug-likeness (QED) is 0.424. The highest BCUT2D eigenvalue weighted by atomic mass is 19.4. The van der Waals surface area contributed by atoms with Crippen molar-refractivity contribution < 1.29 is 31.9 Å². The molecule has 2 aliphatic rings. The predicted octanol–water partition coefficient (Wildman–Crippen LogP) is 4.44. The molecule has 1 fully saturated rings. The van der Waals surface area contributed by atoms with Gasteiger partial charge in [0.2, 0.25) is 11.8 Å². The summed E-state index contributed by atoms with van der Waals surface area (Å²) in [4.78, 5) is 28.0. The number of aryl methyl sites for hydroxylation is 1. The van der Waals surface area contributed by atoms with Gasteiger partial charge in [-0.15, -0.1) is 0 Å². The van der Waals surface area contributed by atoms with Gasteiger partial charge in [-0.3, -0.25) is 14.5 Å². The van der Waals surface area contributed by atoms with E-state index < -0.39 is 35.5 Å². The highest BCUT2D eigenvalue weighted by molar-refractivity contribution is 5.95. The van der Waals surface area contributed by atoms with Crippen molar-refractivity contribution in [3.63, 3.8) is 0 Å². The fourth-order valence-electron chi connectivity index (χ4n) is 4.72. The van der Waals surface area contributed by atoms with E-state index in [1.54, 1.807) is 30.9 Å². The van der Waals surface area contributed by atoms with Crippen LogP contribution < -0.4 is 5.32 Å². The number of hydrogen-bond acceptors (Lipinski definition) is 4. The monoisotopic (exact) mass is 523 g/mol. The van der Waals surface area contributed by atoms with Crippen molar-refractivity contribution in [2.75, 3.05) is 33.2 Å². The molecule has 0 bridgehead atoms. The van der Waals surface area contributed by atoms with E-state index in [9.17, 15) is 27.2 Å². The summed E-state index contributed by atoms with van der Waals surface area (Å²) >= 11 is 0. The summed E-state index contributed by atoms with van der Waals surface area (Å²) in [5.74, 6) is -1.81. The predicted molar refractivity (Wildman–Crippen MR) is 132 cm³/mol. The standard InChI is InChI=1S/C27H33F4N3O3/c1-6-25(35)34-10-9-33(14-18(34)4)15-24(19-8-7-16(2)22(28)12-19)37-23-13-21(27(29,30)31)20(11-17(23)3)26(36)32-5/h6-8,12-13,17-18,24H,1,9-11,14-15H2,2-5H3,(H,32,36)/t17?,18-,24-/m1/s1. The second-order valence-corrected chi connectivity index (χ2v) is 9.58. The summed E-state index contributed by atoms with van der Waals surface area (Å²) in [6.07, 6.45) is -3.50. The van der Waals surface area contributed by atoms with E-state index in [0.29, 0.717) is 30.8 Å². The molecule has 1 N–H and O–H groups in total. The average Bonchev–Trinajstić information content (AvgIpc) is 2.84. The largest absolute Gasteiger partial charge is 0.488 e. The number of hydrogen-bond donors (Lipinski definition) is 1. The van der Waals surface area contributed by atoms with Crippen LogP contribution in [-0.4, -0.2) is 67.1 Å². The second-order valence-electron chi connectivity index (χ2n) is 9.58. The van der Waals surface area contributed by atoms with E-state index in [1.807, 2.05) is 11.8 Å². The second kappa shape index (κ2) is 11.5. The number of allylic oxidation sites excluding steroid dienone is 3. The Balaban J connectivity index is 1.93. The van der Waals surface area contributed by atoms with Gasteiger partial charge in [0.1, 0.15) is 17.7 Å². The van der Waals surface area contributed by atoms with E-state index in [0.717, 1.165) is 6.08 Å². The molecule has 10 heteroatoms. The number of halogens is 4. The van der Waals surface area contributed by atoms with Crippen molar-refractivity contribution in [1.82, 2.24) is 15.1 Å². The maximum Gasteiger partial charge on any atom is 0.416 e. The van der Waals surface area contributed by atoms with Gasteiger partial charge in [-0.2, -0.15) is 13.2 Å². The lowest BCUT2D eigenvalue weighted by molar-refractivity contribution is -0.130. The van der Waals surface area contributed by atoms with Crippen LogP contribution in [0.2, 0.25) is 0 Å². The molecule has 1 aliphatic carbocycles. The highest BCUT2D eigenvalue weighted by Gasteiger charge is 2.41. The highest BCUT2D eigenvalue weighted by Crippen LogP contribution is 2.40. The van der Waals surface area contributed by atoms with Crippen LogP contribution in [0, 0.1) is 18.7 Å². The van der Waals surface area contributed by atoms with Crippen LogP contribution in [0.1, 0.15) is 37.5 Å². The van der Waals surface area contributed by atoms with Crippen LogP contribution in [0.15, 0.2) is 53.8 Å². The molecule has 0 aromatic heterocycles. The van der Waals surface area contributed by atoms with E-state index in [4.69, 9.17) is 4.74 Å². The first kappa shape index (κ1) is 28.4. The number of amides is 2. The van der Waals surface area contributed by atoms with E-state index >= 15 is 0 Å². The van der Waals surface area contributed by atoms with Crippen molar-refractivity contribution >= 4 is 11.8 Å². The summed E-state index contributed by atoms with van der Waals surface area (Å²) in [6.45, 7) is 10.5. The van der Waals surface area contributed by atoms with Crippen LogP contribution in [0.4, 0.5) is 17.6 Å². The van der Waals surface area contributed by atoms with E-state index in [2.05, 4.69) is 11.9 Å². The first-order chi connectivity index (χ1) is 17.3. The molecule has 0 saturated carbocycles. The molecule has 1 saturated heterocycles. The molecule has 2 amide bonds. The third-order valence-corrected chi connectivity index (χ3v) is 6.85. The Morgan fingerprint density at radius 1 is 1.27 bits per heavy atom.